The third-order valence-electron chi connectivity index (χ3n) is 0. The summed E-state index contributed by atoms with van der Waals surface area (Å²) < 4.78 is 0. The molecule has 0 N–H and O–H groups in total. The standard InChI is InChI=1S/CH2O.2Ag/c1-2;;/h1H2;;. The number of rotatable bonds is 0. The Labute approximate surface area is 56.2 Å². The van der Waals surface area contributed by atoms with Crippen molar-refractivity contribution in [2.45, 2.75) is 0 Å². The van der Waals surface area contributed by atoms with Crippen molar-refractivity contribution in [2.24, 2.45) is 0 Å². The summed E-state index contributed by atoms with van der Waals surface area (Å²) in [6.07, 6.45) is 0. The van der Waals surface area contributed by atoms with Crippen LogP contribution >= 0.6 is 0 Å². The van der Waals surface area contributed by atoms with Gasteiger partial charge in [-0.15, -0.1) is 0 Å². The predicted molar refractivity (Wildman–Crippen MR) is 7.12 cm³/mol. The number of hydrogen-bond acceptors (Lipinski definition) is 1. The molecule has 0 aromatic heterocycles. The molecule has 0 aromatic carbocycles. The average Bonchev–Trinajstić information content (AvgIpc) is 1.00. The summed E-state index contributed by atoms with van der Waals surface area (Å²) >= 11 is 0. The molecular weight excluding hydrogens is 244 g/mol. The summed E-state index contributed by atoms with van der Waals surface area (Å²) in [6, 6.07) is 0. The van der Waals surface area contributed by atoms with Gasteiger partial charge in [0.2, 0.25) is 0 Å². The van der Waals surface area contributed by atoms with Crippen LogP contribution in [0.1, 0.15) is 0 Å². The summed E-state index contributed by atoms with van der Waals surface area (Å²) in [7, 11) is 0. The van der Waals surface area contributed by atoms with Gasteiger partial charge in [-0.05, 0) is 0 Å². The van der Waals surface area contributed by atoms with E-state index in [9.17, 15) is 0 Å². The molecule has 0 saturated heterocycles. The van der Waals surface area contributed by atoms with E-state index in [1.165, 1.54) is 0 Å². The van der Waals surface area contributed by atoms with Gasteiger partial charge in [0.05, 0.1) is 0 Å². The quantitative estimate of drug-likeness (QED) is 0.541. The van der Waals surface area contributed by atoms with Gasteiger partial charge in [-0.2, -0.15) is 0 Å². The molecular formula is CH2Ag2O. The van der Waals surface area contributed by atoms with Crippen molar-refractivity contribution in [3.8, 4) is 0 Å². The van der Waals surface area contributed by atoms with Gasteiger partial charge in [-0.1, -0.05) is 0 Å². The van der Waals surface area contributed by atoms with Crippen LogP contribution in [0.2, 0.25) is 0 Å². The topological polar surface area (TPSA) is 17.1 Å². The van der Waals surface area contributed by atoms with E-state index < -0.39 is 0 Å². The Morgan fingerprint density at radius 2 is 1.00 bits per heavy atom. The van der Waals surface area contributed by atoms with Crippen LogP contribution in [0.15, 0.2) is 0 Å². The monoisotopic (exact) mass is 244 g/mol. The van der Waals surface area contributed by atoms with Crippen molar-refractivity contribution < 1.29 is 49.6 Å². The largest absolute Gasteiger partial charge is 0.307 e. The second kappa shape index (κ2) is 31.1. The molecule has 4 heavy (non-hydrogen) atoms. The Bertz CT molecular complexity index is 6.00. The van der Waals surface area contributed by atoms with E-state index in [0.717, 1.165) is 0 Å². The molecule has 0 rings (SSSR count). The van der Waals surface area contributed by atoms with Gasteiger partial charge in [-0.3, -0.25) is 0 Å². The molecule has 0 unspecified atom stereocenters. The third kappa shape index (κ3) is 11.0. The Morgan fingerprint density at radius 3 is 1.00 bits per heavy atom. The zero-order chi connectivity index (χ0) is 2.00. The van der Waals surface area contributed by atoms with E-state index in [1.54, 1.807) is 0 Å². The maximum absolute atomic E-state index is 8.00. The fourth-order valence-electron chi connectivity index (χ4n) is 0. The summed E-state index contributed by atoms with van der Waals surface area (Å²) in [5.74, 6) is 0. The van der Waals surface area contributed by atoms with Crippen LogP contribution in [0.25, 0.3) is 0 Å². The molecule has 0 spiro atoms. The normalized spacial score (nSPS) is 1.00. The maximum Gasteiger partial charge on any atom is 0.106 e. The van der Waals surface area contributed by atoms with Crippen LogP contribution in [0.4, 0.5) is 0 Å². The first-order valence-corrected chi connectivity index (χ1v) is 0.289. The smallest absolute Gasteiger partial charge is 0.106 e. The Hall–Kier alpha value is 1.15. The van der Waals surface area contributed by atoms with Crippen LogP contribution in [-0.4, -0.2) is 6.79 Å². The van der Waals surface area contributed by atoms with Crippen LogP contribution in [-0.2, 0) is 49.6 Å². The molecule has 0 aliphatic carbocycles. The summed E-state index contributed by atoms with van der Waals surface area (Å²) in [4.78, 5) is 8.00. The van der Waals surface area contributed by atoms with Gasteiger partial charge in [0.25, 0.3) is 0 Å². The van der Waals surface area contributed by atoms with Gasteiger partial charge in [0.15, 0.2) is 0 Å². The minimum Gasteiger partial charge on any atom is -0.307 e. The molecule has 0 aliphatic heterocycles. The summed E-state index contributed by atoms with van der Waals surface area (Å²) in [6.45, 7) is 2.00. The van der Waals surface area contributed by atoms with Gasteiger partial charge < -0.3 is 4.79 Å². The van der Waals surface area contributed by atoms with E-state index in [2.05, 4.69) is 0 Å². The zero-order valence-corrected chi connectivity index (χ0v) is 4.68. The van der Waals surface area contributed by atoms with E-state index in [0.29, 0.717) is 0 Å². The van der Waals surface area contributed by atoms with Gasteiger partial charge in [0, 0.05) is 44.8 Å². The molecule has 0 saturated carbocycles. The van der Waals surface area contributed by atoms with Crippen molar-refractivity contribution in [3.63, 3.8) is 0 Å². The van der Waals surface area contributed by atoms with Gasteiger partial charge in [-0.25, -0.2) is 0 Å². The van der Waals surface area contributed by atoms with Crippen LogP contribution in [0.5, 0.6) is 0 Å². The predicted octanol–water partition coefficient (Wildman–Crippen LogP) is -0.190. The fraction of sp³-hybridized carbons (Fsp3) is 0. The molecule has 0 bridgehead atoms. The second-order valence-electron chi connectivity index (χ2n) is 0. The van der Waals surface area contributed by atoms with E-state index in [-0.39, 0.29) is 44.8 Å². The molecule has 0 amide bonds. The molecule has 1 nitrogen and oxygen atoms in total. The van der Waals surface area contributed by atoms with Gasteiger partial charge in [0.1, 0.15) is 6.79 Å². The van der Waals surface area contributed by atoms with E-state index in [1.807, 2.05) is 6.79 Å². The fourth-order valence-corrected chi connectivity index (χ4v) is 0. The average molecular weight is 246 g/mol. The zero-order valence-electron chi connectivity index (χ0n) is 1.72. The first-order valence-electron chi connectivity index (χ1n) is 0.289. The van der Waals surface area contributed by atoms with Crippen LogP contribution in [0.3, 0.4) is 0 Å². The third-order valence-corrected chi connectivity index (χ3v) is 0. The molecule has 0 heterocycles. The first kappa shape index (κ1) is 19.2. The number of carbonyl (C=O) groups is 1. The second-order valence-corrected chi connectivity index (χ2v) is 0. The minimum absolute atomic E-state index is 0. The van der Waals surface area contributed by atoms with E-state index in [4.69, 9.17) is 4.79 Å². The molecule has 0 fully saturated rings. The Kier molecular flexibility index (Phi) is 149. The number of hydrogen-bond donors (Lipinski definition) is 0. The SMILES string of the molecule is C=O.[Ag].[Ag]. The molecule has 0 aromatic rings. The van der Waals surface area contributed by atoms with Crippen molar-refractivity contribution in [1.82, 2.24) is 0 Å². The maximum atomic E-state index is 8.00. The number of carbonyl (C=O) groups excluding carboxylic acids is 1. The van der Waals surface area contributed by atoms with Crippen LogP contribution < -0.4 is 0 Å². The van der Waals surface area contributed by atoms with Crippen molar-refractivity contribution >= 4 is 6.79 Å². The minimum atomic E-state index is 0. The van der Waals surface area contributed by atoms with Crippen molar-refractivity contribution in [3.05, 3.63) is 0 Å². The summed E-state index contributed by atoms with van der Waals surface area (Å²) in [5.41, 5.74) is 0. The van der Waals surface area contributed by atoms with Crippen molar-refractivity contribution in [2.75, 3.05) is 0 Å². The molecule has 3 heteroatoms. The summed E-state index contributed by atoms with van der Waals surface area (Å²) in [5, 5.41) is 0. The molecule has 0 aliphatic rings. The molecule has 34 valence electrons. The molecule has 0 atom stereocenters. The van der Waals surface area contributed by atoms with Gasteiger partial charge >= 0.3 is 0 Å². The van der Waals surface area contributed by atoms with Crippen LogP contribution in [0, 0.1) is 0 Å². The van der Waals surface area contributed by atoms with Crippen molar-refractivity contribution in [1.29, 1.82) is 0 Å². The first-order chi connectivity index (χ1) is 1.00. The Morgan fingerprint density at radius 1 is 1.00 bits per heavy atom. The van der Waals surface area contributed by atoms with E-state index >= 15 is 0 Å². The molecule has 2 radical (unpaired) electrons. The Balaban J connectivity index is -0.00000000500.